The standard InChI is InChI=1S/C26H23N3O2S/c30-25-12-13-32-24-11-10-18(14-23(24)29-25)26(31)28-15-20(17-6-2-1-3-7-17)21-16-27-22-9-5-4-8-19(21)22/h1-11,14,16,20,27H,12-13,15H2,(H,28,31)(H,29,30). The maximum atomic E-state index is 13.0. The summed E-state index contributed by atoms with van der Waals surface area (Å²) in [5.41, 5.74) is 4.62. The molecule has 4 aromatic rings. The van der Waals surface area contributed by atoms with Crippen LogP contribution in [0.15, 0.2) is 83.9 Å². The Kier molecular flexibility index (Phi) is 5.69. The van der Waals surface area contributed by atoms with Gasteiger partial charge in [0.05, 0.1) is 5.69 Å². The number of hydrogen-bond acceptors (Lipinski definition) is 3. The van der Waals surface area contributed by atoms with Crippen molar-refractivity contribution in [3.63, 3.8) is 0 Å². The Morgan fingerprint density at radius 2 is 1.84 bits per heavy atom. The minimum Gasteiger partial charge on any atom is -0.361 e. The summed E-state index contributed by atoms with van der Waals surface area (Å²) in [5.74, 6) is 0.579. The molecular formula is C26H23N3O2S. The topological polar surface area (TPSA) is 74.0 Å². The highest BCUT2D eigenvalue weighted by molar-refractivity contribution is 7.99. The van der Waals surface area contributed by atoms with Gasteiger partial charge in [0.25, 0.3) is 5.91 Å². The number of rotatable bonds is 5. The Labute approximate surface area is 190 Å². The predicted molar refractivity (Wildman–Crippen MR) is 129 cm³/mol. The molecule has 0 saturated heterocycles. The molecule has 0 radical (unpaired) electrons. The van der Waals surface area contributed by atoms with Crippen LogP contribution in [0.25, 0.3) is 10.9 Å². The zero-order valence-corrected chi connectivity index (χ0v) is 18.2. The van der Waals surface area contributed by atoms with Gasteiger partial charge < -0.3 is 15.6 Å². The molecule has 0 fully saturated rings. The molecule has 5 nitrogen and oxygen atoms in total. The quantitative estimate of drug-likeness (QED) is 0.400. The average molecular weight is 442 g/mol. The van der Waals surface area contributed by atoms with E-state index in [1.165, 1.54) is 0 Å². The molecule has 0 aliphatic carbocycles. The van der Waals surface area contributed by atoms with Crippen molar-refractivity contribution in [2.24, 2.45) is 0 Å². The van der Waals surface area contributed by atoms with Crippen molar-refractivity contribution in [2.45, 2.75) is 17.2 Å². The number of amides is 2. The van der Waals surface area contributed by atoms with E-state index < -0.39 is 0 Å². The van der Waals surface area contributed by atoms with E-state index in [0.717, 1.165) is 32.7 Å². The number of carbonyl (C=O) groups is 2. The third-order valence-electron chi connectivity index (χ3n) is 5.77. The number of para-hydroxylation sites is 1. The van der Waals surface area contributed by atoms with E-state index in [2.05, 4.69) is 39.9 Å². The first-order chi connectivity index (χ1) is 15.7. The van der Waals surface area contributed by atoms with Gasteiger partial charge in [-0.2, -0.15) is 0 Å². The molecule has 1 aromatic heterocycles. The first kappa shape index (κ1) is 20.4. The maximum Gasteiger partial charge on any atom is 0.251 e. The summed E-state index contributed by atoms with van der Waals surface area (Å²) >= 11 is 1.63. The van der Waals surface area contributed by atoms with E-state index in [1.807, 2.05) is 48.7 Å². The molecule has 6 heteroatoms. The van der Waals surface area contributed by atoms with Crippen molar-refractivity contribution < 1.29 is 9.59 Å². The summed E-state index contributed by atoms with van der Waals surface area (Å²) in [7, 11) is 0. The van der Waals surface area contributed by atoms with Crippen molar-refractivity contribution in [2.75, 3.05) is 17.6 Å². The van der Waals surface area contributed by atoms with Gasteiger partial charge in [0.15, 0.2) is 0 Å². The van der Waals surface area contributed by atoms with E-state index >= 15 is 0 Å². The van der Waals surface area contributed by atoms with Crippen LogP contribution in [-0.4, -0.2) is 29.1 Å². The molecule has 3 N–H and O–H groups in total. The molecule has 0 spiro atoms. The van der Waals surface area contributed by atoms with Crippen molar-refractivity contribution in [1.29, 1.82) is 0 Å². The van der Waals surface area contributed by atoms with Gasteiger partial charge in [0.2, 0.25) is 5.91 Å². The second-order valence-electron chi connectivity index (χ2n) is 7.82. The minimum atomic E-state index is -0.155. The van der Waals surface area contributed by atoms with Gasteiger partial charge in [0.1, 0.15) is 0 Å². The lowest BCUT2D eigenvalue weighted by Crippen LogP contribution is -2.29. The van der Waals surface area contributed by atoms with Gasteiger partial charge in [-0.3, -0.25) is 9.59 Å². The molecule has 5 rings (SSSR count). The molecule has 32 heavy (non-hydrogen) atoms. The number of carbonyl (C=O) groups excluding carboxylic acids is 2. The summed E-state index contributed by atoms with van der Waals surface area (Å²) < 4.78 is 0. The Hall–Kier alpha value is -3.51. The highest BCUT2D eigenvalue weighted by atomic mass is 32.2. The van der Waals surface area contributed by atoms with Crippen LogP contribution < -0.4 is 10.6 Å². The Balaban J connectivity index is 1.40. The molecule has 160 valence electrons. The van der Waals surface area contributed by atoms with Gasteiger partial charge in [-0.1, -0.05) is 48.5 Å². The molecule has 0 saturated carbocycles. The largest absolute Gasteiger partial charge is 0.361 e. The van der Waals surface area contributed by atoms with Crippen LogP contribution in [0.3, 0.4) is 0 Å². The second kappa shape index (κ2) is 8.93. The highest BCUT2D eigenvalue weighted by Crippen LogP contribution is 2.32. The number of hydrogen-bond donors (Lipinski definition) is 3. The number of H-pyrrole nitrogens is 1. The zero-order valence-electron chi connectivity index (χ0n) is 17.4. The van der Waals surface area contributed by atoms with Crippen LogP contribution in [0.2, 0.25) is 0 Å². The van der Waals surface area contributed by atoms with Gasteiger partial charge in [-0.25, -0.2) is 0 Å². The molecule has 0 bridgehead atoms. The van der Waals surface area contributed by atoms with Crippen LogP contribution in [-0.2, 0) is 4.79 Å². The predicted octanol–water partition coefficient (Wildman–Crippen LogP) is 5.16. The van der Waals surface area contributed by atoms with Crippen molar-refractivity contribution in [3.05, 3.63) is 95.7 Å². The van der Waals surface area contributed by atoms with E-state index in [0.29, 0.717) is 24.2 Å². The van der Waals surface area contributed by atoms with Crippen LogP contribution in [0.4, 0.5) is 5.69 Å². The smallest absolute Gasteiger partial charge is 0.251 e. The minimum absolute atomic E-state index is 0.00684. The SMILES string of the molecule is O=C1CCSc2ccc(C(=O)NCC(c3ccccc3)c3c[nH]c4ccccc34)cc2N1. The Bertz CT molecular complexity index is 1280. The van der Waals surface area contributed by atoms with E-state index in [-0.39, 0.29) is 17.7 Å². The van der Waals surface area contributed by atoms with Crippen molar-refractivity contribution >= 4 is 40.2 Å². The van der Waals surface area contributed by atoms with E-state index in [1.54, 1.807) is 17.8 Å². The summed E-state index contributed by atoms with van der Waals surface area (Å²) in [6.45, 7) is 0.461. The second-order valence-corrected chi connectivity index (χ2v) is 8.96. The van der Waals surface area contributed by atoms with Gasteiger partial charge in [0, 0.05) is 52.2 Å². The first-order valence-electron chi connectivity index (χ1n) is 10.6. The third-order valence-corrected chi connectivity index (χ3v) is 6.84. The molecule has 3 aromatic carbocycles. The number of fused-ring (bicyclic) bond motifs is 2. The van der Waals surface area contributed by atoms with Crippen molar-refractivity contribution in [3.8, 4) is 0 Å². The number of nitrogens with one attached hydrogen (secondary N) is 3. The van der Waals surface area contributed by atoms with Crippen LogP contribution in [0.1, 0.15) is 33.8 Å². The molecular weight excluding hydrogens is 418 g/mol. The third kappa shape index (κ3) is 4.14. The van der Waals surface area contributed by atoms with E-state index in [9.17, 15) is 9.59 Å². The Morgan fingerprint density at radius 1 is 1.03 bits per heavy atom. The van der Waals surface area contributed by atoms with Crippen LogP contribution in [0.5, 0.6) is 0 Å². The summed E-state index contributed by atoms with van der Waals surface area (Å²) in [6.07, 6.45) is 2.51. The fourth-order valence-electron chi connectivity index (χ4n) is 4.13. The average Bonchev–Trinajstić information content (AvgIpc) is 3.15. The number of aromatic amines is 1. The maximum absolute atomic E-state index is 13.0. The Morgan fingerprint density at radius 3 is 2.72 bits per heavy atom. The fraction of sp³-hybridized carbons (Fsp3) is 0.154. The van der Waals surface area contributed by atoms with Gasteiger partial charge >= 0.3 is 0 Å². The number of aromatic nitrogens is 1. The molecule has 1 aliphatic heterocycles. The number of anilines is 1. The molecule has 1 aliphatic rings. The molecule has 1 atom stereocenters. The van der Waals surface area contributed by atoms with E-state index in [4.69, 9.17) is 0 Å². The zero-order chi connectivity index (χ0) is 21.9. The van der Waals surface area contributed by atoms with Gasteiger partial charge in [-0.15, -0.1) is 11.8 Å². The molecule has 2 heterocycles. The summed E-state index contributed by atoms with van der Waals surface area (Å²) in [6, 6.07) is 23.9. The first-order valence-corrected chi connectivity index (χ1v) is 11.6. The van der Waals surface area contributed by atoms with Gasteiger partial charge in [-0.05, 0) is 35.4 Å². The number of thioether (sulfide) groups is 1. The summed E-state index contributed by atoms with van der Waals surface area (Å²) in [4.78, 5) is 29.3. The highest BCUT2D eigenvalue weighted by Gasteiger charge is 2.20. The van der Waals surface area contributed by atoms with Crippen LogP contribution >= 0.6 is 11.8 Å². The normalized spacial score (nSPS) is 14.3. The number of benzene rings is 3. The lowest BCUT2D eigenvalue weighted by Gasteiger charge is -2.18. The van der Waals surface area contributed by atoms with Crippen LogP contribution in [0, 0.1) is 0 Å². The molecule has 1 unspecified atom stereocenters. The van der Waals surface area contributed by atoms with Crippen molar-refractivity contribution in [1.82, 2.24) is 10.3 Å². The fourth-order valence-corrected chi connectivity index (χ4v) is 5.07. The molecule has 2 amide bonds. The monoisotopic (exact) mass is 441 g/mol. The summed E-state index contributed by atoms with van der Waals surface area (Å²) in [5, 5.41) is 7.17. The lowest BCUT2D eigenvalue weighted by atomic mass is 9.91. The lowest BCUT2D eigenvalue weighted by molar-refractivity contribution is -0.115.